The molecule has 0 aliphatic rings. The van der Waals surface area contributed by atoms with Crippen molar-refractivity contribution < 1.29 is 4.74 Å². The van der Waals surface area contributed by atoms with Crippen molar-refractivity contribution in [2.24, 2.45) is 0 Å². The quantitative estimate of drug-likeness (QED) is 0.735. The van der Waals surface area contributed by atoms with Crippen LogP contribution in [0.5, 0.6) is 5.75 Å². The van der Waals surface area contributed by atoms with Gasteiger partial charge < -0.3 is 14.2 Å². The predicted molar refractivity (Wildman–Crippen MR) is 87.2 cm³/mol. The standard InChI is InChI=1S/C17H24N2O2/c1-4-18(3)11-6-12-21-15-8-9-16-14(13-15)7-10-17(20)19(16)5-2/h7-10,13H,4-6,11-12H2,1-3H3. The predicted octanol–water partition coefficient (Wildman–Crippen LogP) is 2.74. The maximum absolute atomic E-state index is 11.8. The Labute approximate surface area is 125 Å². The minimum Gasteiger partial charge on any atom is -0.494 e. The van der Waals surface area contributed by atoms with E-state index in [2.05, 4.69) is 18.9 Å². The van der Waals surface area contributed by atoms with Gasteiger partial charge in [-0.3, -0.25) is 4.79 Å². The smallest absolute Gasteiger partial charge is 0.250 e. The summed E-state index contributed by atoms with van der Waals surface area (Å²) >= 11 is 0. The lowest BCUT2D eigenvalue weighted by atomic mass is 10.2. The Balaban J connectivity index is 2.06. The van der Waals surface area contributed by atoms with Crippen molar-refractivity contribution in [2.75, 3.05) is 26.7 Å². The van der Waals surface area contributed by atoms with Crippen molar-refractivity contribution in [3.05, 3.63) is 40.7 Å². The van der Waals surface area contributed by atoms with E-state index in [-0.39, 0.29) is 5.56 Å². The molecule has 0 atom stereocenters. The third-order valence-corrected chi connectivity index (χ3v) is 3.77. The SMILES string of the molecule is CCN(C)CCCOc1ccc2c(ccc(=O)n2CC)c1. The van der Waals surface area contributed by atoms with Crippen LogP contribution in [0.4, 0.5) is 0 Å². The van der Waals surface area contributed by atoms with Crippen LogP contribution in [0.2, 0.25) is 0 Å². The van der Waals surface area contributed by atoms with Gasteiger partial charge in [-0.1, -0.05) is 6.92 Å². The summed E-state index contributed by atoms with van der Waals surface area (Å²) in [4.78, 5) is 14.0. The fraction of sp³-hybridized carbons (Fsp3) is 0.471. The van der Waals surface area contributed by atoms with Gasteiger partial charge in [-0.2, -0.15) is 0 Å². The Bertz CT molecular complexity index is 649. The number of rotatable bonds is 7. The van der Waals surface area contributed by atoms with Gasteiger partial charge in [-0.05, 0) is 51.2 Å². The maximum atomic E-state index is 11.8. The number of benzene rings is 1. The Hall–Kier alpha value is -1.81. The van der Waals surface area contributed by atoms with Gasteiger partial charge in [0.2, 0.25) is 0 Å². The highest BCUT2D eigenvalue weighted by atomic mass is 16.5. The van der Waals surface area contributed by atoms with E-state index in [1.807, 2.05) is 31.2 Å². The van der Waals surface area contributed by atoms with Crippen LogP contribution in [0.15, 0.2) is 35.1 Å². The molecule has 0 saturated heterocycles. The average Bonchev–Trinajstić information content (AvgIpc) is 2.51. The number of aryl methyl sites for hydroxylation is 1. The number of hydrogen-bond acceptors (Lipinski definition) is 3. The van der Waals surface area contributed by atoms with Gasteiger partial charge in [0, 0.05) is 24.5 Å². The fourth-order valence-electron chi connectivity index (χ4n) is 2.38. The molecule has 4 heteroatoms. The van der Waals surface area contributed by atoms with Crippen molar-refractivity contribution >= 4 is 10.9 Å². The summed E-state index contributed by atoms with van der Waals surface area (Å²) in [5.41, 5.74) is 1.00. The molecule has 0 aliphatic carbocycles. The van der Waals surface area contributed by atoms with Gasteiger partial charge in [0.15, 0.2) is 0 Å². The van der Waals surface area contributed by atoms with Gasteiger partial charge >= 0.3 is 0 Å². The first kappa shape index (κ1) is 15.6. The van der Waals surface area contributed by atoms with Crippen LogP contribution in [0.1, 0.15) is 20.3 Å². The van der Waals surface area contributed by atoms with Crippen molar-refractivity contribution in [2.45, 2.75) is 26.8 Å². The van der Waals surface area contributed by atoms with E-state index < -0.39 is 0 Å². The molecule has 1 aromatic heterocycles. The number of nitrogens with zero attached hydrogens (tertiary/aromatic N) is 2. The molecule has 1 heterocycles. The van der Waals surface area contributed by atoms with Crippen molar-refractivity contribution in [3.63, 3.8) is 0 Å². The summed E-state index contributed by atoms with van der Waals surface area (Å²) < 4.78 is 7.57. The molecule has 21 heavy (non-hydrogen) atoms. The van der Waals surface area contributed by atoms with Gasteiger partial charge in [0.05, 0.1) is 12.1 Å². The minimum atomic E-state index is 0.0428. The summed E-state index contributed by atoms with van der Waals surface area (Å²) in [6.07, 6.45) is 1.01. The van der Waals surface area contributed by atoms with E-state index in [0.717, 1.165) is 36.2 Å². The number of pyridine rings is 1. The zero-order chi connectivity index (χ0) is 15.2. The molecule has 0 N–H and O–H groups in total. The molecule has 4 nitrogen and oxygen atoms in total. The third kappa shape index (κ3) is 3.85. The molecule has 0 bridgehead atoms. The molecular weight excluding hydrogens is 264 g/mol. The van der Waals surface area contributed by atoms with Gasteiger partial charge in [0.1, 0.15) is 5.75 Å². The van der Waals surface area contributed by atoms with Crippen molar-refractivity contribution in [1.29, 1.82) is 0 Å². The van der Waals surface area contributed by atoms with Gasteiger partial charge in [-0.15, -0.1) is 0 Å². The average molecular weight is 288 g/mol. The summed E-state index contributed by atoms with van der Waals surface area (Å²) in [6, 6.07) is 9.39. The van der Waals surface area contributed by atoms with Crippen LogP contribution in [-0.4, -0.2) is 36.2 Å². The normalized spacial score (nSPS) is 11.2. The Morgan fingerprint density at radius 3 is 2.71 bits per heavy atom. The van der Waals surface area contributed by atoms with Crippen LogP contribution >= 0.6 is 0 Å². The van der Waals surface area contributed by atoms with E-state index >= 15 is 0 Å². The van der Waals surface area contributed by atoms with E-state index in [4.69, 9.17) is 4.74 Å². The first-order valence-corrected chi connectivity index (χ1v) is 7.60. The van der Waals surface area contributed by atoms with Crippen LogP contribution in [0.25, 0.3) is 10.9 Å². The maximum Gasteiger partial charge on any atom is 0.250 e. The number of hydrogen-bond donors (Lipinski definition) is 0. The first-order chi connectivity index (χ1) is 10.2. The second-order valence-corrected chi connectivity index (χ2v) is 5.23. The third-order valence-electron chi connectivity index (χ3n) is 3.77. The minimum absolute atomic E-state index is 0.0428. The lowest BCUT2D eigenvalue weighted by Crippen LogP contribution is -2.20. The number of fused-ring (bicyclic) bond motifs is 1. The van der Waals surface area contributed by atoms with Crippen molar-refractivity contribution in [3.8, 4) is 5.75 Å². The summed E-state index contributed by atoms with van der Waals surface area (Å²) in [7, 11) is 2.11. The summed E-state index contributed by atoms with van der Waals surface area (Å²) in [5.74, 6) is 0.864. The summed E-state index contributed by atoms with van der Waals surface area (Å²) in [5, 5.41) is 1.04. The molecule has 0 fully saturated rings. The molecule has 2 rings (SSSR count). The second kappa shape index (κ2) is 7.27. The number of ether oxygens (including phenoxy) is 1. The van der Waals surface area contributed by atoms with Gasteiger partial charge in [-0.25, -0.2) is 0 Å². The van der Waals surface area contributed by atoms with E-state index in [0.29, 0.717) is 13.2 Å². The van der Waals surface area contributed by atoms with Crippen molar-refractivity contribution in [1.82, 2.24) is 9.47 Å². The Morgan fingerprint density at radius 1 is 1.19 bits per heavy atom. The molecule has 0 spiro atoms. The van der Waals surface area contributed by atoms with Crippen LogP contribution < -0.4 is 10.3 Å². The Kier molecular flexibility index (Phi) is 5.39. The zero-order valence-corrected chi connectivity index (χ0v) is 13.1. The second-order valence-electron chi connectivity index (χ2n) is 5.23. The molecule has 0 saturated carbocycles. The molecule has 1 aromatic carbocycles. The highest BCUT2D eigenvalue weighted by Crippen LogP contribution is 2.19. The van der Waals surface area contributed by atoms with E-state index in [1.165, 1.54) is 0 Å². The Morgan fingerprint density at radius 2 is 2.00 bits per heavy atom. The highest BCUT2D eigenvalue weighted by Gasteiger charge is 2.03. The molecule has 114 valence electrons. The number of aromatic nitrogens is 1. The monoisotopic (exact) mass is 288 g/mol. The lowest BCUT2D eigenvalue weighted by Gasteiger charge is -2.14. The first-order valence-electron chi connectivity index (χ1n) is 7.60. The van der Waals surface area contributed by atoms with Crippen LogP contribution in [0, 0.1) is 0 Å². The molecule has 0 amide bonds. The fourth-order valence-corrected chi connectivity index (χ4v) is 2.38. The molecular formula is C17H24N2O2. The summed E-state index contributed by atoms with van der Waals surface area (Å²) in [6.45, 7) is 7.62. The van der Waals surface area contributed by atoms with Gasteiger partial charge in [0.25, 0.3) is 5.56 Å². The molecule has 0 unspecified atom stereocenters. The van der Waals surface area contributed by atoms with E-state index in [1.54, 1.807) is 10.6 Å². The zero-order valence-electron chi connectivity index (χ0n) is 13.1. The van der Waals surface area contributed by atoms with Crippen LogP contribution in [0.3, 0.4) is 0 Å². The topological polar surface area (TPSA) is 34.5 Å². The molecule has 2 aromatic rings. The highest BCUT2D eigenvalue weighted by molar-refractivity contribution is 5.80. The molecule has 0 radical (unpaired) electrons. The lowest BCUT2D eigenvalue weighted by molar-refractivity contribution is 0.268. The largest absolute Gasteiger partial charge is 0.494 e. The van der Waals surface area contributed by atoms with Crippen LogP contribution in [-0.2, 0) is 6.54 Å². The van der Waals surface area contributed by atoms with E-state index in [9.17, 15) is 4.79 Å². The molecule has 0 aliphatic heterocycles.